The molecule has 3 aromatic heterocycles. The quantitative estimate of drug-likeness (QED) is 0.673. The zero-order valence-electron chi connectivity index (χ0n) is 10.5. The van der Waals surface area contributed by atoms with E-state index >= 15 is 0 Å². The summed E-state index contributed by atoms with van der Waals surface area (Å²) in [6, 6.07) is 6.98. The Labute approximate surface area is 114 Å². The molecule has 3 N–H and O–H groups in total. The molecule has 0 bridgehead atoms. The fraction of sp³-hybridized carbons (Fsp3) is 0.0769. The van der Waals surface area contributed by atoms with Gasteiger partial charge in [-0.3, -0.25) is 10.3 Å². The Bertz CT molecular complexity index is 724. The van der Waals surface area contributed by atoms with Crippen LogP contribution < -0.4 is 10.6 Å². The number of aromatic amines is 1. The van der Waals surface area contributed by atoms with Crippen LogP contribution in [0.2, 0.25) is 0 Å². The van der Waals surface area contributed by atoms with E-state index in [0.717, 1.165) is 5.69 Å². The molecule has 100 valence electrons. The van der Waals surface area contributed by atoms with Crippen molar-refractivity contribution >= 4 is 23.0 Å². The first-order valence-electron chi connectivity index (χ1n) is 6.06. The minimum Gasteiger partial charge on any atom is -0.345 e. The van der Waals surface area contributed by atoms with Crippen molar-refractivity contribution in [1.82, 2.24) is 25.3 Å². The van der Waals surface area contributed by atoms with Crippen molar-refractivity contribution in [3.63, 3.8) is 0 Å². The molecule has 7 heteroatoms. The van der Waals surface area contributed by atoms with E-state index in [1.54, 1.807) is 18.5 Å². The Morgan fingerprint density at radius 3 is 3.05 bits per heavy atom. The Hall–Kier alpha value is -2.96. The summed E-state index contributed by atoms with van der Waals surface area (Å²) in [4.78, 5) is 27.2. The standard InChI is InChI=1S/C13H12N6O/c20-13(17-7-9-3-1-2-5-14-9)19-11-8-16-12-10(18-11)4-6-15-12/h1-6,8H,7H2,(H,15,16)(H2,17,18,19,20). The van der Waals surface area contributed by atoms with Crippen LogP contribution in [-0.2, 0) is 6.54 Å². The van der Waals surface area contributed by atoms with Gasteiger partial charge >= 0.3 is 6.03 Å². The summed E-state index contributed by atoms with van der Waals surface area (Å²) in [6.07, 6.45) is 4.93. The van der Waals surface area contributed by atoms with Gasteiger partial charge in [0, 0.05) is 12.4 Å². The number of nitrogens with one attached hydrogen (secondary N) is 3. The van der Waals surface area contributed by atoms with Crippen LogP contribution in [0.5, 0.6) is 0 Å². The van der Waals surface area contributed by atoms with Gasteiger partial charge in [-0.05, 0) is 18.2 Å². The molecule has 0 spiro atoms. The fourth-order valence-electron chi connectivity index (χ4n) is 1.72. The van der Waals surface area contributed by atoms with Crippen molar-refractivity contribution in [1.29, 1.82) is 0 Å². The van der Waals surface area contributed by atoms with Crippen molar-refractivity contribution in [2.24, 2.45) is 0 Å². The van der Waals surface area contributed by atoms with Crippen LogP contribution in [0.15, 0.2) is 42.9 Å². The first kappa shape index (κ1) is 12.1. The van der Waals surface area contributed by atoms with Crippen LogP contribution in [0, 0.1) is 0 Å². The smallest absolute Gasteiger partial charge is 0.320 e. The predicted molar refractivity (Wildman–Crippen MR) is 74.0 cm³/mol. The van der Waals surface area contributed by atoms with Crippen molar-refractivity contribution in [3.05, 3.63) is 48.5 Å². The Morgan fingerprint density at radius 2 is 2.20 bits per heavy atom. The van der Waals surface area contributed by atoms with E-state index in [0.29, 0.717) is 23.5 Å². The second kappa shape index (κ2) is 5.35. The van der Waals surface area contributed by atoms with Crippen molar-refractivity contribution in [3.8, 4) is 0 Å². The van der Waals surface area contributed by atoms with Gasteiger partial charge in [0.1, 0.15) is 5.52 Å². The maximum atomic E-state index is 11.7. The Morgan fingerprint density at radius 1 is 1.25 bits per heavy atom. The van der Waals surface area contributed by atoms with Crippen LogP contribution in [0.4, 0.5) is 10.6 Å². The third-order valence-corrected chi connectivity index (χ3v) is 2.66. The van der Waals surface area contributed by atoms with Gasteiger partial charge < -0.3 is 10.3 Å². The zero-order valence-corrected chi connectivity index (χ0v) is 10.5. The molecule has 0 atom stereocenters. The molecule has 0 aromatic carbocycles. The van der Waals surface area contributed by atoms with Gasteiger partial charge in [0.25, 0.3) is 0 Å². The number of amides is 2. The summed E-state index contributed by atoms with van der Waals surface area (Å²) in [5, 5.41) is 5.33. The van der Waals surface area contributed by atoms with E-state index in [1.807, 2.05) is 18.2 Å². The normalized spacial score (nSPS) is 10.4. The molecule has 0 aliphatic rings. The maximum Gasteiger partial charge on any atom is 0.320 e. The topological polar surface area (TPSA) is 95.6 Å². The van der Waals surface area contributed by atoms with Gasteiger partial charge in [0.2, 0.25) is 0 Å². The highest BCUT2D eigenvalue weighted by atomic mass is 16.2. The summed E-state index contributed by atoms with van der Waals surface area (Å²) >= 11 is 0. The maximum absolute atomic E-state index is 11.7. The highest BCUT2D eigenvalue weighted by Crippen LogP contribution is 2.09. The molecular weight excluding hydrogens is 256 g/mol. The molecule has 0 aliphatic heterocycles. The number of hydrogen-bond donors (Lipinski definition) is 3. The average molecular weight is 268 g/mol. The third kappa shape index (κ3) is 2.72. The minimum atomic E-state index is -0.347. The lowest BCUT2D eigenvalue weighted by molar-refractivity contribution is 0.251. The second-order valence-corrected chi connectivity index (χ2v) is 4.10. The van der Waals surface area contributed by atoms with Gasteiger partial charge in [0.05, 0.1) is 18.4 Å². The van der Waals surface area contributed by atoms with Gasteiger partial charge in [-0.15, -0.1) is 0 Å². The van der Waals surface area contributed by atoms with Crippen LogP contribution >= 0.6 is 0 Å². The number of H-pyrrole nitrogens is 1. The van der Waals surface area contributed by atoms with Crippen LogP contribution in [-0.4, -0.2) is 26.0 Å². The molecule has 3 aromatic rings. The van der Waals surface area contributed by atoms with Gasteiger partial charge in [-0.1, -0.05) is 6.07 Å². The number of carbonyl (C=O) groups excluding carboxylic acids is 1. The van der Waals surface area contributed by atoms with E-state index in [9.17, 15) is 4.79 Å². The molecule has 3 rings (SSSR count). The van der Waals surface area contributed by atoms with Crippen LogP contribution in [0.25, 0.3) is 11.2 Å². The monoisotopic (exact) mass is 268 g/mol. The number of urea groups is 1. The van der Waals surface area contributed by atoms with Crippen molar-refractivity contribution in [2.75, 3.05) is 5.32 Å². The molecule has 0 saturated heterocycles. The van der Waals surface area contributed by atoms with E-state index in [1.165, 1.54) is 6.20 Å². The first-order chi connectivity index (χ1) is 9.81. The molecule has 0 fully saturated rings. The molecule has 0 aliphatic carbocycles. The number of nitrogens with zero attached hydrogens (tertiary/aromatic N) is 3. The van der Waals surface area contributed by atoms with Crippen LogP contribution in [0.1, 0.15) is 5.69 Å². The van der Waals surface area contributed by atoms with Gasteiger partial charge in [0.15, 0.2) is 11.5 Å². The Balaban J connectivity index is 1.61. The van der Waals surface area contributed by atoms with Crippen LogP contribution in [0.3, 0.4) is 0 Å². The number of aromatic nitrogens is 4. The fourth-order valence-corrected chi connectivity index (χ4v) is 1.72. The first-order valence-corrected chi connectivity index (χ1v) is 6.06. The molecule has 7 nitrogen and oxygen atoms in total. The lowest BCUT2D eigenvalue weighted by atomic mass is 10.3. The highest BCUT2D eigenvalue weighted by Gasteiger charge is 2.05. The minimum absolute atomic E-state index is 0.347. The summed E-state index contributed by atoms with van der Waals surface area (Å²) in [7, 11) is 0. The largest absolute Gasteiger partial charge is 0.345 e. The lowest BCUT2D eigenvalue weighted by Crippen LogP contribution is -2.28. The number of anilines is 1. The molecule has 0 unspecified atom stereocenters. The predicted octanol–water partition coefficient (Wildman–Crippen LogP) is 1.67. The second-order valence-electron chi connectivity index (χ2n) is 4.10. The highest BCUT2D eigenvalue weighted by molar-refractivity contribution is 5.88. The molecule has 0 saturated carbocycles. The SMILES string of the molecule is O=C(NCc1ccccn1)Nc1cnc2[nH]ccc2n1. The summed E-state index contributed by atoms with van der Waals surface area (Å²) < 4.78 is 0. The summed E-state index contributed by atoms with van der Waals surface area (Å²) in [5.74, 6) is 0.399. The molecular formula is C13H12N6O. The van der Waals surface area contributed by atoms with E-state index in [4.69, 9.17) is 0 Å². The zero-order chi connectivity index (χ0) is 13.8. The lowest BCUT2D eigenvalue weighted by Gasteiger charge is -2.06. The number of pyridine rings is 1. The number of carbonyl (C=O) groups is 1. The van der Waals surface area contributed by atoms with Gasteiger partial charge in [-0.25, -0.2) is 14.8 Å². The number of rotatable bonds is 3. The van der Waals surface area contributed by atoms with E-state index < -0.39 is 0 Å². The third-order valence-electron chi connectivity index (χ3n) is 2.66. The summed E-state index contributed by atoms with van der Waals surface area (Å²) in [5.41, 5.74) is 2.17. The molecule has 2 amide bonds. The van der Waals surface area contributed by atoms with E-state index in [2.05, 4.69) is 30.6 Å². The van der Waals surface area contributed by atoms with Gasteiger partial charge in [-0.2, -0.15) is 0 Å². The molecule has 0 radical (unpaired) electrons. The Kier molecular flexibility index (Phi) is 3.24. The number of fused-ring (bicyclic) bond motifs is 1. The molecule has 20 heavy (non-hydrogen) atoms. The average Bonchev–Trinajstić information content (AvgIpc) is 2.94. The number of hydrogen-bond acceptors (Lipinski definition) is 4. The van der Waals surface area contributed by atoms with E-state index in [-0.39, 0.29) is 6.03 Å². The summed E-state index contributed by atoms with van der Waals surface area (Å²) in [6.45, 7) is 0.354. The molecule has 3 heterocycles. The van der Waals surface area contributed by atoms with Crippen molar-refractivity contribution in [2.45, 2.75) is 6.54 Å². The van der Waals surface area contributed by atoms with Crippen molar-refractivity contribution < 1.29 is 4.79 Å².